The predicted octanol–water partition coefficient (Wildman–Crippen LogP) is 3.08. The molecule has 1 heterocycles. The third kappa shape index (κ3) is 2.85. The van der Waals surface area contributed by atoms with Crippen LogP contribution in [0, 0.1) is 17.3 Å². The number of likely N-dealkylation sites (tertiary alicyclic amines) is 1. The van der Waals surface area contributed by atoms with Crippen LogP contribution in [0.1, 0.15) is 64.7 Å². The van der Waals surface area contributed by atoms with Gasteiger partial charge < -0.3 is 10.2 Å². The Bertz CT molecular complexity index is 535. The molecule has 5 fully saturated rings. The van der Waals surface area contributed by atoms with E-state index in [0.29, 0.717) is 17.9 Å². The number of halogens is 1. The molecule has 0 radical (unpaired) electrons. The molecule has 0 aromatic carbocycles. The summed E-state index contributed by atoms with van der Waals surface area (Å²) in [5, 5.41) is 2.99. The Balaban J connectivity index is 1.39. The van der Waals surface area contributed by atoms with Gasteiger partial charge in [0.2, 0.25) is 11.8 Å². The van der Waals surface area contributed by atoms with E-state index in [1.54, 1.807) is 0 Å². The molecule has 0 aromatic rings. The van der Waals surface area contributed by atoms with E-state index < -0.39 is 0 Å². The van der Waals surface area contributed by atoms with Gasteiger partial charge in [0.25, 0.3) is 0 Å². The van der Waals surface area contributed by atoms with Crippen LogP contribution in [0.15, 0.2) is 0 Å². The zero-order chi connectivity index (χ0) is 16.9. The molecule has 134 valence electrons. The first kappa shape index (κ1) is 16.7. The van der Waals surface area contributed by atoms with Crippen molar-refractivity contribution in [2.24, 2.45) is 17.3 Å². The van der Waals surface area contributed by atoms with Crippen molar-refractivity contribution in [3.05, 3.63) is 0 Å². The molecule has 4 bridgehead atoms. The highest BCUT2D eigenvalue weighted by Crippen LogP contribution is 2.63. The van der Waals surface area contributed by atoms with Crippen molar-refractivity contribution in [3.8, 4) is 0 Å². The van der Waals surface area contributed by atoms with Gasteiger partial charge in [-0.15, -0.1) is 11.6 Å². The maximum absolute atomic E-state index is 13.0. The van der Waals surface area contributed by atoms with E-state index in [9.17, 15) is 9.59 Å². The molecule has 4 saturated carbocycles. The number of nitrogens with zero attached hydrogens (tertiary/aromatic N) is 1. The molecule has 0 unspecified atom stereocenters. The van der Waals surface area contributed by atoms with Crippen molar-refractivity contribution in [2.45, 2.75) is 75.6 Å². The minimum absolute atomic E-state index is 0.0702. The van der Waals surface area contributed by atoms with E-state index in [2.05, 4.69) is 12.2 Å². The molecule has 4 aliphatic carbocycles. The zero-order valence-corrected chi connectivity index (χ0v) is 15.4. The van der Waals surface area contributed by atoms with Gasteiger partial charge in [0.15, 0.2) is 0 Å². The second kappa shape index (κ2) is 5.89. The maximum atomic E-state index is 13.0. The number of carbonyl (C=O) groups excluding carboxylic acids is 2. The molecule has 5 aliphatic rings. The molecule has 1 saturated heterocycles. The number of rotatable bonds is 3. The number of amides is 2. The Kier molecular flexibility index (Phi) is 4.10. The second-order valence-corrected chi connectivity index (χ2v) is 9.81. The molecular formula is C19H29ClN2O2. The van der Waals surface area contributed by atoms with Gasteiger partial charge >= 0.3 is 0 Å². The number of piperidine rings is 1. The fraction of sp³-hybridized carbons (Fsp3) is 0.895. The smallest absolute Gasteiger partial charge is 0.242 e. The Morgan fingerprint density at radius 3 is 2.50 bits per heavy atom. The number of carbonyl (C=O) groups is 2. The highest BCUT2D eigenvalue weighted by Gasteiger charge is 2.60. The van der Waals surface area contributed by atoms with Gasteiger partial charge in [-0.3, -0.25) is 9.59 Å². The molecule has 0 spiro atoms. The van der Waals surface area contributed by atoms with E-state index in [4.69, 9.17) is 11.6 Å². The van der Waals surface area contributed by atoms with Crippen molar-refractivity contribution < 1.29 is 9.59 Å². The van der Waals surface area contributed by atoms with Gasteiger partial charge in [-0.2, -0.15) is 0 Å². The third-order valence-corrected chi connectivity index (χ3v) is 7.44. The molecule has 24 heavy (non-hydrogen) atoms. The maximum Gasteiger partial charge on any atom is 0.242 e. The summed E-state index contributed by atoms with van der Waals surface area (Å²) in [5.41, 5.74) is -0.306. The summed E-state index contributed by atoms with van der Waals surface area (Å²) in [6, 6.07) is 0.300. The first-order valence-electron chi connectivity index (χ1n) is 9.66. The first-order valence-corrected chi connectivity index (χ1v) is 10.0. The average Bonchev–Trinajstić information content (AvgIpc) is 2.50. The van der Waals surface area contributed by atoms with Crippen molar-refractivity contribution in [3.63, 3.8) is 0 Å². The second-order valence-electron chi connectivity index (χ2n) is 9.01. The van der Waals surface area contributed by atoms with Crippen LogP contribution in [0.3, 0.4) is 0 Å². The predicted molar refractivity (Wildman–Crippen MR) is 93.7 cm³/mol. The zero-order valence-electron chi connectivity index (χ0n) is 14.7. The summed E-state index contributed by atoms with van der Waals surface area (Å²) >= 11 is 6.81. The summed E-state index contributed by atoms with van der Waals surface area (Å²) in [6.07, 6.45) is 9.47. The van der Waals surface area contributed by atoms with Crippen LogP contribution < -0.4 is 5.32 Å². The molecule has 3 atom stereocenters. The van der Waals surface area contributed by atoms with Crippen molar-refractivity contribution in [1.29, 1.82) is 0 Å². The van der Waals surface area contributed by atoms with Crippen LogP contribution in [0.4, 0.5) is 0 Å². The molecule has 4 nitrogen and oxygen atoms in total. The lowest BCUT2D eigenvalue weighted by molar-refractivity contribution is -0.147. The van der Waals surface area contributed by atoms with E-state index in [0.717, 1.165) is 51.5 Å². The van der Waals surface area contributed by atoms with Crippen LogP contribution in [0.2, 0.25) is 0 Å². The summed E-state index contributed by atoms with van der Waals surface area (Å²) in [6.45, 7) is 3.08. The average molecular weight is 353 g/mol. The highest BCUT2D eigenvalue weighted by atomic mass is 35.5. The summed E-state index contributed by atoms with van der Waals surface area (Å²) in [4.78, 5) is 27.2. The van der Waals surface area contributed by atoms with Crippen molar-refractivity contribution in [1.82, 2.24) is 10.2 Å². The Morgan fingerprint density at radius 2 is 1.88 bits per heavy atom. The number of hydrogen-bond donors (Lipinski definition) is 1. The quantitative estimate of drug-likeness (QED) is 0.793. The van der Waals surface area contributed by atoms with Crippen LogP contribution in [-0.2, 0) is 9.59 Å². The van der Waals surface area contributed by atoms with Gasteiger partial charge in [-0.25, -0.2) is 0 Å². The monoisotopic (exact) mass is 352 g/mol. The van der Waals surface area contributed by atoms with E-state index in [1.807, 2.05) is 4.90 Å². The SMILES string of the molecule is C[C@@H]1CCCCN1C(=O)CNC(=O)C12C[C@H]3C[C@@H](CC(Cl)(C3)C1)C2. The molecule has 5 heteroatoms. The molecular weight excluding hydrogens is 324 g/mol. The number of nitrogens with one attached hydrogen (secondary N) is 1. The number of alkyl halides is 1. The summed E-state index contributed by atoms with van der Waals surface area (Å²) in [7, 11) is 0. The fourth-order valence-electron chi connectivity index (χ4n) is 6.33. The first-order chi connectivity index (χ1) is 11.4. The molecule has 1 N–H and O–H groups in total. The van der Waals surface area contributed by atoms with Gasteiger partial charge in [-0.05, 0) is 76.5 Å². The van der Waals surface area contributed by atoms with Crippen LogP contribution >= 0.6 is 11.6 Å². The van der Waals surface area contributed by atoms with Gasteiger partial charge in [-0.1, -0.05) is 0 Å². The van der Waals surface area contributed by atoms with E-state index in [1.165, 1.54) is 12.8 Å². The topological polar surface area (TPSA) is 49.4 Å². The lowest BCUT2D eigenvalue weighted by Gasteiger charge is -2.59. The van der Waals surface area contributed by atoms with Crippen LogP contribution in [0.5, 0.6) is 0 Å². The van der Waals surface area contributed by atoms with Crippen molar-refractivity contribution in [2.75, 3.05) is 13.1 Å². The summed E-state index contributed by atoms with van der Waals surface area (Å²) in [5.74, 6) is 1.36. The largest absolute Gasteiger partial charge is 0.347 e. The Morgan fingerprint density at radius 1 is 1.17 bits per heavy atom. The number of hydrogen-bond acceptors (Lipinski definition) is 2. The minimum atomic E-state index is -0.306. The molecule has 5 rings (SSSR count). The van der Waals surface area contributed by atoms with Crippen molar-refractivity contribution >= 4 is 23.4 Å². The summed E-state index contributed by atoms with van der Waals surface area (Å²) < 4.78 is 0. The Hall–Kier alpha value is -0.770. The van der Waals surface area contributed by atoms with Gasteiger partial charge in [0.1, 0.15) is 0 Å². The van der Waals surface area contributed by atoms with Gasteiger partial charge in [0.05, 0.1) is 12.0 Å². The molecule has 1 aliphatic heterocycles. The van der Waals surface area contributed by atoms with E-state index >= 15 is 0 Å². The lowest BCUT2D eigenvalue weighted by atomic mass is 9.49. The lowest BCUT2D eigenvalue weighted by Crippen LogP contribution is -2.59. The van der Waals surface area contributed by atoms with Crippen LogP contribution in [0.25, 0.3) is 0 Å². The van der Waals surface area contributed by atoms with Gasteiger partial charge in [0, 0.05) is 17.5 Å². The van der Waals surface area contributed by atoms with Crippen LogP contribution in [-0.4, -0.2) is 40.7 Å². The third-order valence-electron chi connectivity index (χ3n) is 6.99. The minimum Gasteiger partial charge on any atom is -0.347 e. The van der Waals surface area contributed by atoms with E-state index in [-0.39, 0.29) is 28.6 Å². The standard InChI is InChI=1S/C19H29ClN2O2/c1-13-4-2-3-5-22(13)16(23)11-21-17(24)18-7-14-6-15(8-18)10-19(20,9-14)12-18/h13-15H,2-12H2,1H3,(H,21,24)/t13-,14-,15-,18?,19?/m1/s1. The Labute approximate surface area is 149 Å². The molecule has 2 amide bonds. The molecule has 0 aromatic heterocycles. The normalized spacial score (nSPS) is 43.8. The highest BCUT2D eigenvalue weighted by molar-refractivity contribution is 6.24. The fourth-order valence-corrected chi connectivity index (χ4v) is 7.02.